The number of hydrogen-bond donors (Lipinski definition) is 1. The summed E-state index contributed by atoms with van der Waals surface area (Å²) in [6.07, 6.45) is 0. The van der Waals surface area contributed by atoms with Crippen LogP contribution in [-0.2, 0) is 5.75 Å². The minimum Gasteiger partial charge on any atom is -0.497 e. The highest BCUT2D eigenvalue weighted by Gasteiger charge is 2.03. The van der Waals surface area contributed by atoms with Crippen molar-refractivity contribution in [2.75, 3.05) is 12.8 Å². The van der Waals surface area contributed by atoms with Gasteiger partial charge in [-0.05, 0) is 35.9 Å². The average molecular weight is 263 g/mol. The Hall–Kier alpha value is -1.68. The van der Waals surface area contributed by atoms with Crippen LogP contribution in [0.1, 0.15) is 5.56 Å². The molecule has 0 unspecified atom stereocenters. The summed E-state index contributed by atoms with van der Waals surface area (Å²) in [5, 5.41) is 0. The predicted molar refractivity (Wildman–Crippen MR) is 73.4 cm³/mol. The van der Waals surface area contributed by atoms with Gasteiger partial charge in [-0.2, -0.15) is 0 Å². The maximum absolute atomic E-state index is 12.9. The van der Waals surface area contributed by atoms with Crippen molar-refractivity contribution in [2.45, 2.75) is 10.6 Å². The van der Waals surface area contributed by atoms with Crippen LogP contribution < -0.4 is 10.5 Å². The fourth-order valence-electron chi connectivity index (χ4n) is 1.57. The first-order chi connectivity index (χ1) is 8.69. The van der Waals surface area contributed by atoms with Crippen LogP contribution in [0.2, 0.25) is 0 Å². The summed E-state index contributed by atoms with van der Waals surface area (Å²) < 4.78 is 18.1. The molecular weight excluding hydrogens is 249 g/mol. The predicted octanol–water partition coefficient (Wildman–Crippen LogP) is 3.71. The first-order valence-electron chi connectivity index (χ1n) is 5.50. The standard InChI is InChI=1S/C14H14FNOS/c1-17-12-4-2-3-10(7-12)9-18-14-6-5-11(15)8-13(14)16/h2-8H,9,16H2,1H3. The van der Waals surface area contributed by atoms with Crippen molar-refractivity contribution in [3.63, 3.8) is 0 Å². The van der Waals surface area contributed by atoms with Gasteiger partial charge in [0.25, 0.3) is 0 Å². The zero-order valence-corrected chi connectivity index (χ0v) is 10.8. The molecule has 0 saturated heterocycles. The number of benzene rings is 2. The van der Waals surface area contributed by atoms with Gasteiger partial charge >= 0.3 is 0 Å². The molecule has 0 fully saturated rings. The van der Waals surface area contributed by atoms with Crippen LogP contribution in [0.3, 0.4) is 0 Å². The Morgan fingerprint density at radius 2 is 2.06 bits per heavy atom. The molecule has 0 aliphatic rings. The number of nitrogens with two attached hydrogens (primary N) is 1. The molecule has 0 spiro atoms. The molecule has 0 aliphatic heterocycles. The molecule has 2 aromatic rings. The molecule has 0 aromatic heterocycles. The number of nitrogen functional groups attached to an aromatic ring is 1. The van der Waals surface area contributed by atoms with Gasteiger partial charge in [0.1, 0.15) is 11.6 Å². The van der Waals surface area contributed by atoms with Gasteiger partial charge in [0, 0.05) is 16.3 Å². The average Bonchev–Trinajstić information content (AvgIpc) is 2.38. The maximum Gasteiger partial charge on any atom is 0.125 e. The summed E-state index contributed by atoms with van der Waals surface area (Å²) in [5.41, 5.74) is 7.37. The normalized spacial score (nSPS) is 10.3. The van der Waals surface area contributed by atoms with Gasteiger partial charge in [-0.15, -0.1) is 11.8 Å². The van der Waals surface area contributed by atoms with Crippen molar-refractivity contribution in [2.24, 2.45) is 0 Å². The molecule has 0 aliphatic carbocycles. The van der Waals surface area contributed by atoms with Crippen LogP contribution in [0.5, 0.6) is 5.75 Å². The molecule has 0 amide bonds. The SMILES string of the molecule is COc1cccc(CSc2ccc(F)cc2N)c1. The number of thioether (sulfide) groups is 1. The summed E-state index contributed by atoms with van der Waals surface area (Å²) in [7, 11) is 1.64. The largest absolute Gasteiger partial charge is 0.497 e. The minimum atomic E-state index is -0.307. The Bertz CT molecular complexity index is 545. The van der Waals surface area contributed by atoms with Gasteiger partial charge in [-0.25, -0.2) is 4.39 Å². The summed E-state index contributed by atoms with van der Waals surface area (Å²) in [6.45, 7) is 0. The van der Waals surface area contributed by atoms with Gasteiger partial charge in [-0.3, -0.25) is 0 Å². The third kappa shape index (κ3) is 3.17. The van der Waals surface area contributed by atoms with E-state index in [1.54, 1.807) is 24.9 Å². The highest BCUT2D eigenvalue weighted by atomic mass is 32.2. The minimum absolute atomic E-state index is 0.307. The Morgan fingerprint density at radius 1 is 1.22 bits per heavy atom. The molecule has 2 nitrogen and oxygen atoms in total. The summed E-state index contributed by atoms with van der Waals surface area (Å²) >= 11 is 1.58. The second-order valence-corrected chi connectivity index (χ2v) is 4.84. The number of halogens is 1. The third-order valence-electron chi connectivity index (χ3n) is 2.50. The van der Waals surface area contributed by atoms with E-state index < -0.39 is 0 Å². The Kier molecular flexibility index (Phi) is 4.10. The number of rotatable bonds is 4. The van der Waals surface area contributed by atoms with E-state index in [9.17, 15) is 4.39 Å². The van der Waals surface area contributed by atoms with Crippen molar-refractivity contribution in [1.29, 1.82) is 0 Å². The molecule has 2 N–H and O–H groups in total. The molecule has 4 heteroatoms. The quantitative estimate of drug-likeness (QED) is 0.674. The van der Waals surface area contributed by atoms with E-state index in [0.29, 0.717) is 5.69 Å². The van der Waals surface area contributed by atoms with E-state index in [4.69, 9.17) is 10.5 Å². The molecule has 0 heterocycles. The highest BCUT2D eigenvalue weighted by Crippen LogP contribution is 2.29. The number of ether oxygens (including phenoxy) is 1. The van der Waals surface area contributed by atoms with E-state index in [0.717, 1.165) is 22.0 Å². The van der Waals surface area contributed by atoms with E-state index in [-0.39, 0.29) is 5.82 Å². The van der Waals surface area contributed by atoms with Crippen molar-refractivity contribution in [3.8, 4) is 5.75 Å². The van der Waals surface area contributed by atoms with E-state index in [1.807, 2.05) is 24.3 Å². The third-order valence-corrected chi connectivity index (χ3v) is 3.66. The molecule has 0 bridgehead atoms. The van der Waals surface area contributed by atoms with Gasteiger partial charge in [0.2, 0.25) is 0 Å². The van der Waals surface area contributed by atoms with Gasteiger partial charge in [-0.1, -0.05) is 12.1 Å². The summed E-state index contributed by atoms with van der Waals surface area (Å²) in [6, 6.07) is 12.3. The van der Waals surface area contributed by atoms with Gasteiger partial charge in [0.05, 0.1) is 7.11 Å². The molecule has 2 aromatic carbocycles. The second-order valence-electron chi connectivity index (χ2n) is 3.82. The first-order valence-corrected chi connectivity index (χ1v) is 6.48. The second kappa shape index (κ2) is 5.78. The zero-order valence-electron chi connectivity index (χ0n) is 10.0. The van der Waals surface area contributed by atoms with Crippen LogP contribution in [0, 0.1) is 5.82 Å². The fourth-order valence-corrected chi connectivity index (χ4v) is 2.47. The molecule has 0 atom stereocenters. The maximum atomic E-state index is 12.9. The lowest BCUT2D eigenvalue weighted by molar-refractivity contribution is 0.414. The first kappa shape index (κ1) is 12.8. The van der Waals surface area contributed by atoms with Gasteiger partial charge < -0.3 is 10.5 Å². The lowest BCUT2D eigenvalue weighted by Crippen LogP contribution is -1.91. The molecule has 94 valence electrons. The summed E-state index contributed by atoms with van der Waals surface area (Å²) in [4.78, 5) is 0.888. The van der Waals surface area contributed by atoms with Gasteiger partial charge in [0.15, 0.2) is 0 Å². The van der Waals surface area contributed by atoms with Crippen LogP contribution in [0.25, 0.3) is 0 Å². The highest BCUT2D eigenvalue weighted by molar-refractivity contribution is 7.98. The molecule has 18 heavy (non-hydrogen) atoms. The van der Waals surface area contributed by atoms with E-state index in [2.05, 4.69) is 0 Å². The zero-order chi connectivity index (χ0) is 13.0. The van der Waals surface area contributed by atoms with Crippen LogP contribution in [0.15, 0.2) is 47.4 Å². The van der Waals surface area contributed by atoms with Crippen molar-refractivity contribution >= 4 is 17.4 Å². The van der Waals surface area contributed by atoms with Crippen molar-refractivity contribution in [3.05, 3.63) is 53.8 Å². The molecule has 0 saturated carbocycles. The molecular formula is C14H14FNOS. The monoisotopic (exact) mass is 263 g/mol. The topological polar surface area (TPSA) is 35.2 Å². The van der Waals surface area contributed by atoms with Crippen LogP contribution >= 0.6 is 11.8 Å². The smallest absolute Gasteiger partial charge is 0.125 e. The molecule has 2 rings (SSSR count). The number of methoxy groups -OCH3 is 1. The van der Waals surface area contributed by atoms with Crippen LogP contribution in [0.4, 0.5) is 10.1 Å². The Balaban J connectivity index is 2.06. The number of hydrogen-bond acceptors (Lipinski definition) is 3. The summed E-state index contributed by atoms with van der Waals surface area (Å²) in [5.74, 6) is 1.30. The lowest BCUT2D eigenvalue weighted by atomic mass is 10.2. The van der Waals surface area contributed by atoms with Crippen molar-refractivity contribution in [1.82, 2.24) is 0 Å². The fraction of sp³-hybridized carbons (Fsp3) is 0.143. The van der Waals surface area contributed by atoms with E-state index >= 15 is 0 Å². The lowest BCUT2D eigenvalue weighted by Gasteiger charge is -2.06. The van der Waals surface area contributed by atoms with Crippen molar-refractivity contribution < 1.29 is 9.13 Å². The Labute approximate surface area is 110 Å². The van der Waals surface area contributed by atoms with E-state index in [1.165, 1.54) is 12.1 Å². The number of anilines is 1. The molecule has 0 radical (unpaired) electrons. The van der Waals surface area contributed by atoms with Crippen LogP contribution in [-0.4, -0.2) is 7.11 Å². The Morgan fingerprint density at radius 3 is 2.78 bits per heavy atom.